The average molecular weight is 488 g/mol. The summed E-state index contributed by atoms with van der Waals surface area (Å²) in [5.74, 6) is 0.449. The minimum Gasteiger partial charge on any atom is -0.496 e. The van der Waals surface area contributed by atoms with Crippen LogP contribution in [-0.4, -0.2) is 45.7 Å². The summed E-state index contributed by atoms with van der Waals surface area (Å²) in [5.41, 5.74) is 3.00. The Kier molecular flexibility index (Phi) is 9.94. The number of nitrogens with one attached hydrogen (secondary N) is 2. The molecule has 0 aromatic heterocycles. The van der Waals surface area contributed by atoms with Gasteiger partial charge in [0.05, 0.1) is 14.2 Å². The maximum Gasteiger partial charge on any atom is 0.263 e. The van der Waals surface area contributed by atoms with Crippen LogP contribution < -0.4 is 25.0 Å². The van der Waals surface area contributed by atoms with Crippen LogP contribution in [0, 0.1) is 0 Å². The number of rotatable bonds is 12. The molecule has 7 heteroatoms. The molecular weight excluding hydrogens is 454 g/mol. The summed E-state index contributed by atoms with van der Waals surface area (Å²) in [4.78, 5) is 27.3. The zero-order valence-electron chi connectivity index (χ0n) is 21.0. The lowest BCUT2D eigenvalue weighted by molar-refractivity contribution is -0.116. The molecular formula is C29H33N3O4. The van der Waals surface area contributed by atoms with Crippen molar-refractivity contribution in [1.29, 1.82) is 0 Å². The number of ether oxygens (including phenoxy) is 2. The molecule has 36 heavy (non-hydrogen) atoms. The minimum atomic E-state index is -0.311. The Bertz CT molecular complexity index is 1140. The van der Waals surface area contributed by atoms with E-state index >= 15 is 0 Å². The Hall–Kier alpha value is -4.26. The van der Waals surface area contributed by atoms with E-state index in [1.54, 1.807) is 30.4 Å². The molecule has 0 radical (unpaired) electrons. The summed E-state index contributed by atoms with van der Waals surface area (Å²) >= 11 is 0. The number of hydrogen-bond donors (Lipinski definition) is 2. The highest BCUT2D eigenvalue weighted by atomic mass is 16.5. The van der Waals surface area contributed by atoms with E-state index in [4.69, 9.17) is 9.47 Å². The van der Waals surface area contributed by atoms with E-state index in [0.29, 0.717) is 35.8 Å². The number of amides is 2. The van der Waals surface area contributed by atoms with Crippen molar-refractivity contribution in [3.63, 3.8) is 0 Å². The molecule has 0 atom stereocenters. The Morgan fingerprint density at radius 1 is 0.861 bits per heavy atom. The van der Waals surface area contributed by atoms with Crippen LogP contribution >= 0.6 is 0 Å². The molecule has 3 rings (SSSR count). The molecule has 0 saturated carbocycles. The summed E-state index contributed by atoms with van der Waals surface area (Å²) in [7, 11) is 3.04. The van der Waals surface area contributed by atoms with Crippen LogP contribution in [0.5, 0.6) is 11.5 Å². The molecule has 0 aliphatic rings. The third-order valence-electron chi connectivity index (χ3n) is 5.55. The monoisotopic (exact) mass is 487 g/mol. The topological polar surface area (TPSA) is 79.9 Å². The fourth-order valence-corrected chi connectivity index (χ4v) is 3.77. The van der Waals surface area contributed by atoms with Gasteiger partial charge in [0, 0.05) is 37.1 Å². The van der Waals surface area contributed by atoms with E-state index in [0.717, 1.165) is 24.2 Å². The van der Waals surface area contributed by atoms with Crippen molar-refractivity contribution in [1.82, 2.24) is 5.32 Å². The van der Waals surface area contributed by atoms with Crippen LogP contribution in [0.3, 0.4) is 0 Å². The predicted molar refractivity (Wildman–Crippen MR) is 145 cm³/mol. The molecule has 188 valence electrons. The van der Waals surface area contributed by atoms with Gasteiger partial charge in [-0.15, -0.1) is 0 Å². The first-order chi connectivity index (χ1) is 17.5. The van der Waals surface area contributed by atoms with Gasteiger partial charge in [-0.25, -0.2) is 0 Å². The summed E-state index contributed by atoms with van der Waals surface area (Å²) in [6.45, 7) is 4.15. The van der Waals surface area contributed by atoms with Crippen LogP contribution in [0.2, 0.25) is 0 Å². The number of carbonyl (C=O) groups excluding carboxylic acids is 2. The van der Waals surface area contributed by atoms with E-state index in [1.807, 2.05) is 54.6 Å². The average Bonchev–Trinajstić information content (AvgIpc) is 2.92. The molecule has 3 aromatic rings. The van der Waals surface area contributed by atoms with Crippen LogP contribution in [0.1, 0.15) is 29.3 Å². The van der Waals surface area contributed by atoms with Crippen molar-refractivity contribution in [2.75, 3.05) is 44.1 Å². The molecule has 0 fully saturated rings. The largest absolute Gasteiger partial charge is 0.496 e. The fourth-order valence-electron chi connectivity index (χ4n) is 3.77. The lowest BCUT2D eigenvalue weighted by Crippen LogP contribution is -2.34. The Morgan fingerprint density at radius 2 is 1.53 bits per heavy atom. The van der Waals surface area contributed by atoms with Gasteiger partial charge >= 0.3 is 0 Å². The Labute approximate surface area is 212 Å². The normalized spacial score (nSPS) is 10.6. The van der Waals surface area contributed by atoms with Gasteiger partial charge in [-0.1, -0.05) is 43.3 Å². The first kappa shape index (κ1) is 26.3. The maximum atomic E-state index is 12.9. The van der Waals surface area contributed by atoms with Gasteiger partial charge in [-0.3, -0.25) is 9.59 Å². The molecule has 0 unspecified atom stereocenters. The number of methoxy groups -OCH3 is 2. The molecule has 7 nitrogen and oxygen atoms in total. The van der Waals surface area contributed by atoms with Crippen LogP contribution in [-0.2, 0) is 4.79 Å². The van der Waals surface area contributed by atoms with Gasteiger partial charge in [-0.2, -0.15) is 0 Å². The van der Waals surface area contributed by atoms with E-state index < -0.39 is 0 Å². The SMILES string of the molecule is CCCN(CCNC(=O)/C=C/c1ccccc1)c1ccc(NC(=O)c2c(OC)cccc2OC)cc1. The Morgan fingerprint density at radius 3 is 2.14 bits per heavy atom. The second-order valence-corrected chi connectivity index (χ2v) is 8.06. The highest BCUT2D eigenvalue weighted by molar-refractivity contribution is 6.08. The molecule has 2 amide bonds. The van der Waals surface area contributed by atoms with Gasteiger partial charge < -0.3 is 25.0 Å². The van der Waals surface area contributed by atoms with Crippen molar-refractivity contribution in [2.45, 2.75) is 13.3 Å². The smallest absolute Gasteiger partial charge is 0.263 e. The third kappa shape index (κ3) is 7.37. The number of hydrogen-bond acceptors (Lipinski definition) is 5. The van der Waals surface area contributed by atoms with E-state index in [-0.39, 0.29) is 11.8 Å². The highest BCUT2D eigenvalue weighted by Crippen LogP contribution is 2.29. The van der Waals surface area contributed by atoms with E-state index in [1.165, 1.54) is 14.2 Å². The molecule has 0 bridgehead atoms. The van der Waals surface area contributed by atoms with Gasteiger partial charge in [-0.05, 0) is 54.5 Å². The van der Waals surface area contributed by atoms with Gasteiger partial charge in [0.15, 0.2) is 0 Å². The lowest BCUT2D eigenvalue weighted by Gasteiger charge is -2.24. The third-order valence-corrected chi connectivity index (χ3v) is 5.55. The van der Waals surface area contributed by atoms with Crippen molar-refractivity contribution in [2.24, 2.45) is 0 Å². The van der Waals surface area contributed by atoms with E-state index in [9.17, 15) is 9.59 Å². The molecule has 0 heterocycles. The molecule has 0 spiro atoms. The Balaban J connectivity index is 1.58. The summed E-state index contributed by atoms with van der Waals surface area (Å²) in [6, 6.07) is 22.6. The summed E-state index contributed by atoms with van der Waals surface area (Å²) < 4.78 is 10.7. The second-order valence-electron chi connectivity index (χ2n) is 8.06. The molecule has 0 aliphatic carbocycles. The lowest BCUT2D eigenvalue weighted by atomic mass is 10.1. The van der Waals surface area contributed by atoms with Gasteiger partial charge in [0.1, 0.15) is 17.1 Å². The van der Waals surface area contributed by atoms with E-state index in [2.05, 4.69) is 22.5 Å². The van der Waals surface area contributed by atoms with Gasteiger partial charge in [0.25, 0.3) is 5.91 Å². The molecule has 0 saturated heterocycles. The van der Waals surface area contributed by atoms with Crippen molar-refractivity contribution >= 4 is 29.3 Å². The zero-order chi connectivity index (χ0) is 25.8. The van der Waals surface area contributed by atoms with Crippen molar-refractivity contribution < 1.29 is 19.1 Å². The molecule has 0 aliphatic heterocycles. The highest BCUT2D eigenvalue weighted by Gasteiger charge is 2.18. The van der Waals surface area contributed by atoms with Crippen LogP contribution in [0.25, 0.3) is 6.08 Å². The summed E-state index contributed by atoms with van der Waals surface area (Å²) in [5, 5.41) is 5.85. The van der Waals surface area contributed by atoms with Crippen LogP contribution in [0.4, 0.5) is 11.4 Å². The van der Waals surface area contributed by atoms with Crippen molar-refractivity contribution in [3.8, 4) is 11.5 Å². The van der Waals surface area contributed by atoms with Crippen molar-refractivity contribution in [3.05, 3.63) is 90.0 Å². The maximum absolute atomic E-state index is 12.9. The summed E-state index contributed by atoms with van der Waals surface area (Å²) in [6.07, 6.45) is 4.31. The second kappa shape index (κ2) is 13.6. The van der Waals surface area contributed by atoms with Gasteiger partial charge in [0.2, 0.25) is 5.91 Å². The number of nitrogens with zero attached hydrogens (tertiary/aromatic N) is 1. The number of benzene rings is 3. The first-order valence-corrected chi connectivity index (χ1v) is 11.9. The minimum absolute atomic E-state index is 0.125. The molecule has 2 N–H and O–H groups in total. The quantitative estimate of drug-likeness (QED) is 0.352. The first-order valence-electron chi connectivity index (χ1n) is 11.9. The fraction of sp³-hybridized carbons (Fsp3) is 0.241. The number of carbonyl (C=O) groups is 2. The standard InChI is InChI=1S/C29H33N3O4/c1-4-20-32(21-19-30-27(33)18-13-22-9-6-5-7-10-22)24-16-14-23(15-17-24)31-29(34)28-25(35-2)11-8-12-26(28)36-3/h5-18H,4,19-21H2,1-3H3,(H,30,33)(H,31,34)/b18-13+. The van der Waals surface area contributed by atoms with Crippen LogP contribution in [0.15, 0.2) is 78.9 Å². The number of anilines is 2. The molecule has 3 aromatic carbocycles. The zero-order valence-corrected chi connectivity index (χ0v) is 21.0. The predicted octanol–water partition coefficient (Wildman–Crippen LogP) is 5.00.